The highest BCUT2D eigenvalue weighted by molar-refractivity contribution is 6.24. The number of hydrogen-bond donors (Lipinski definition) is 4. The molecule has 0 radical (unpaired) electrons. The molecule has 210 valence electrons. The van der Waals surface area contributed by atoms with Crippen LogP contribution >= 0.6 is 0 Å². The Bertz CT molecular complexity index is 1860. The van der Waals surface area contributed by atoms with E-state index in [0.717, 1.165) is 43.4 Å². The number of carbonyl (C=O) groups is 4. The van der Waals surface area contributed by atoms with Gasteiger partial charge in [-0.2, -0.15) is 0 Å². The molecule has 0 aliphatic carbocycles. The molecule has 6 aromatic carbocycles. The summed E-state index contributed by atoms with van der Waals surface area (Å²) >= 11 is 0. The maximum absolute atomic E-state index is 11.7. The van der Waals surface area contributed by atoms with Crippen LogP contribution in [0, 0.1) is 0 Å². The first-order valence-corrected chi connectivity index (χ1v) is 12.1. The van der Waals surface area contributed by atoms with Crippen molar-refractivity contribution in [2.24, 2.45) is 0 Å². The predicted octanol–water partition coefficient (Wildman–Crippen LogP) is 5.06. The fraction of sp³-hybridized carbons (Fsp3) is 0. The molecule has 0 saturated heterocycles. The van der Waals surface area contributed by atoms with E-state index in [1.807, 2.05) is 48.5 Å². The van der Waals surface area contributed by atoms with Gasteiger partial charge in [0.05, 0.1) is 22.3 Å². The standard InChI is InChI=1S/C32H18O8.2H2O/c33-29(34)23-7-5-15(13-25(23)31(37)38)21-9-17-1-2-18-10-22(12-20-4-3-19(11-21)27(17)28(18)20)16-6-8-24(30(35)36)26(14-16)32(39)40;;/h1-14H,(H,33,34)(H,35,36)(H,37,38)(H,39,40);2*1H2. The van der Waals surface area contributed by atoms with Gasteiger partial charge in [0.1, 0.15) is 0 Å². The molecule has 0 fully saturated rings. The van der Waals surface area contributed by atoms with Gasteiger partial charge in [-0.15, -0.1) is 0 Å². The largest absolute Gasteiger partial charge is 0.478 e. The van der Waals surface area contributed by atoms with Gasteiger partial charge < -0.3 is 31.4 Å². The molecule has 10 heteroatoms. The normalized spacial score (nSPS) is 10.8. The zero-order valence-electron chi connectivity index (χ0n) is 21.5. The van der Waals surface area contributed by atoms with E-state index in [1.165, 1.54) is 24.3 Å². The van der Waals surface area contributed by atoms with Crippen LogP contribution < -0.4 is 0 Å². The van der Waals surface area contributed by atoms with Gasteiger partial charge in [-0.25, -0.2) is 19.2 Å². The topological polar surface area (TPSA) is 212 Å². The third-order valence-corrected chi connectivity index (χ3v) is 7.16. The van der Waals surface area contributed by atoms with Crippen LogP contribution in [0.5, 0.6) is 0 Å². The highest BCUT2D eigenvalue weighted by Gasteiger charge is 2.19. The van der Waals surface area contributed by atoms with E-state index in [9.17, 15) is 39.6 Å². The lowest BCUT2D eigenvalue weighted by Crippen LogP contribution is -2.08. The van der Waals surface area contributed by atoms with E-state index >= 15 is 0 Å². The van der Waals surface area contributed by atoms with Gasteiger partial charge in [-0.3, -0.25) is 0 Å². The minimum atomic E-state index is -1.32. The quantitative estimate of drug-likeness (QED) is 0.199. The Morgan fingerprint density at radius 2 is 0.643 bits per heavy atom. The first kappa shape index (κ1) is 29.2. The van der Waals surface area contributed by atoms with Crippen molar-refractivity contribution < 1.29 is 50.6 Å². The number of carboxylic acid groups (broad SMARTS) is 4. The molecule has 0 aliphatic rings. The molecule has 0 saturated carbocycles. The number of aromatic carboxylic acids is 4. The molecule has 42 heavy (non-hydrogen) atoms. The molecule has 8 N–H and O–H groups in total. The van der Waals surface area contributed by atoms with Crippen molar-refractivity contribution in [2.45, 2.75) is 0 Å². The molecule has 0 aromatic heterocycles. The smallest absolute Gasteiger partial charge is 0.336 e. The van der Waals surface area contributed by atoms with E-state index in [2.05, 4.69) is 0 Å². The molecule has 0 aliphatic heterocycles. The van der Waals surface area contributed by atoms with Crippen molar-refractivity contribution in [1.82, 2.24) is 0 Å². The van der Waals surface area contributed by atoms with Crippen molar-refractivity contribution in [1.29, 1.82) is 0 Å². The number of rotatable bonds is 6. The lowest BCUT2D eigenvalue weighted by molar-refractivity contribution is 0.0651. The fourth-order valence-corrected chi connectivity index (χ4v) is 5.35. The SMILES string of the molecule is O.O.O=C(O)c1ccc(-c2cc3ccc4cc(-c5ccc(C(=O)O)c(C(=O)O)c5)cc5ccc(c2)c3c45)cc1C(=O)O. The Balaban J connectivity index is 0.00000202. The van der Waals surface area contributed by atoms with Gasteiger partial charge in [0.25, 0.3) is 0 Å². The second kappa shape index (κ2) is 10.6. The summed E-state index contributed by atoms with van der Waals surface area (Å²) in [6.07, 6.45) is 0. The van der Waals surface area contributed by atoms with Crippen molar-refractivity contribution in [2.75, 3.05) is 0 Å². The van der Waals surface area contributed by atoms with Crippen LogP contribution in [0.2, 0.25) is 0 Å². The summed E-state index contributed by atoms with van der Waals surface area (Å²) in [4.78, 5) is 46.3. The molecule has 0 spiro atoms. The summed E-state index contributed by atoms with van der Waals surface area (Å²) < 4.78 is 0. The second-order valence-corrected chi connectivity index (χ2v) is 9.47. The summed E-state index contributed by atoms with van der Waals surface area (Å²) in [7, 11) is 0. The zero-order chi connectivity index (χ0) is 28.3. The van der Waals surface area contributed by atoms with Crippen molar-refractivity contribution in [3.8, 4) is 22.3 Å². The Kier molecular flexibility index (Phi) is 7.37. The molecule has 10 nitrogen and oxygen atoms in total. The summed E-state index contributed by atoms with van der Waals surface area (Å²) in [6.45, 7) is 0. The Hall–Kier alpha value is -5.84. The zero-order valence-corrected chi connectivity index (χ0v) is 21.5. The molecule has 6 aromatic rings. The highest BCUT2D eigenvalue weighted by atomic mass is 16.4. The lowest BCUT2D eigenvalue weighted by atomic mass is 9.88. The molecule has 6 rings (SSSR count). The van der Waals surface area contributed by atoms with E-state index in [0.29, 0.717) is 11.1 Å². The summed E-state index contributed by atoms with van der Waals surface area (Å²) in [6, 6.07) is 24.0. The maximum Gasteiger partial charge on any atom is 0.336 e. The van der Waals surface area contributed by atoms with Crippen LogP contribution in [-0.2, 0) is 0 Å². The van der Waals surface area contributed by atoms with Gasteiger partial charge >= 0.3 is 23.9 Å². The monoisotopic (exact) mass is 566 g/mol. The number of hydrogen-bond acceptors (Lipinski definition) is 4. The van der Waals surface area contributed by atoms with E-state index < -0.39 is 23.9 Å². The number of carboxylic acids is 4. The highest BCUT2D eigenvalue weighted by Crippen LogP contribution is 2.40. The average molecular weight is 567 g/mol. The summed E-state index contributed by atoms with van der Waals surface area (Å²) in [5.41, 5.74) is 1.51. The van der Waals surface area contributed by atoms with Crippen molar-refractivity contribution >= 4 is 56.2 Å². The first-order valence-electron chi connectivity index (χ1n) is 12.1. The van der Waals surface area contributed by atoms with Crippen molar-refractivity contribution in [3.63, 3.8) is 0 Å². The Morgan fingerprint density at radius 1 is 0.357 bits per heavy atom. The minimum Gasteiger partial charge on any atom is -0.478 e. The van der Waals surface area contributed by atoms with Crippen LogP contribution in [0.25, 0.3) is 54.6 Å². The van der Waals surface area contributed by atoms with Crippen LogP contribution in [0.1, 0.15) is 41.4 Å². The van der Waals surface area contributed by atoms with Gasteiger partial charge in [0.2, 0.25) is 0 Å². The van der Waals surface area contributed by atoms with Crippen molar-refractivity contribution in [3.05, 3.63) is 107 Å². The Labute approximate surface area is 236 Å². The predicted molar refractivity (Wildman–Crippen MR) is 156 cm³/mol. The summed E-state index contributed by atoms with van der Waals surface area (Å²) in [5.74, 6) is -5.26. The van der Waals surface area contributed by atoms with Crippen LogP contribution in [0.15, 0.2) is 84.9 Å². The molecule has 0 amide bonds. The van der Waals surface area contributed by atoms with Gasteiger partial charge in [-0.05, 0) is 103 Å². The third-order valence-electron chi connectivity index (χ3n) is 7.16. The van der Waals surface area contributed by atoms with E-state index in [1.54, 1.807) is 12.1 Å². The second-order valence-electron chi connectivity index (χ2n) is 9.47. The molecular weight excluding hydrogens is 544 g/mol. The average Bonchev–Trinajstić information content (AvgIpc) is 2.94. The maximum atomic E-state index is 11.7. The van der Waals surface area contributed by atoms with E-state index in [-0.39, 0.29) is 33.2 Å². The number of benzene rings is 6. The summed E-state index contributed by atoms with van der Waals surface area (Å²) in [5, 5.41) is 43.4. The van der Waals surface area contributed by atoms with Crippen LogP contribution in [-0.4, -0.2) is 55.3 Å². The van der Waals surface area contributed by atoms with Crippen LogP contribution in [0.4, 0.5) is 0 Å². The van der Waals surface area contributed by atoms with Gasteiger partial charge in [0, 0.05) is 0 Å². The molecule has 0 unspecified atom stereocenters. The minimum absolute atomic E-state index is 0. The van der Waals surface area contributed by atoms with Gasteiger partial charge in [0.15, 0.2) is 0 Å². The molecule has 0 heterocycles. The fourth-order valence-electron chi connectivity index (χ4n) is 5.35. The Morgan fingerprint density at radius 3 is 0.905 bits per heavy atom. The van der Waals surface area contributed by atoms with Gasteiger partial charge in [-0.1, -0.05) is 36.4 Å². The molecular formula is C32H22O10. The first-order chi connectivity index (χ1) is 19.1. The van der Waals surface area contributed by atoms with Crippen LogP contribution in [0.3, 0.4) is 0 Å². The molecule has 0 bridgehead atoms. The lowest BCUT2D eigenvalue weighted by Gasteiger charge is -2.15. The van der Waals surface area contributed by atoms with E-state index in [4.69, 9.17) is 0 Å². The third kappa shape index (κ3) is 4.62. The molecule has 0 atom stereocenters.